The number of nitrogens with one attached hydrogen (secondary N) is 1. The van der Waals surface area contributed by atoms with Crippen LogP contribution in [0.5, 0.6) is 0 Å². The highest BCUT2D eigenvalue weighted by atomic mass is 35.5. The fourth-order valence-electron chi connectivity index (χ4n) is 1.67. The molecule has 1 fully saturated rings. The molecule has 1 amide bonds. The van der Waals surface area contributed by atoms with Crippen molar-refractivity contribution in [2.75, 3.05) is 12.3 Å². The predicted molar refractivity (Wildman–Crippen MR) is 75.4 cm³/mol. The van der Waals surface area contributed by atoms with Gasteiger partial charge < -0.3 is 5.32 Å². The van der Waals surface area contributed by atoms with E-state index in [0.717, 1.165) is 5.56 Å². The van der Waals surface area contributed by atoms with Crippen molar-refractivity contribution in [2.24, 2.45) is 0 Å². The van der Waals surface area contributed by atoms with Crippen LogP contribution in [0, 0.1) is 0 Å². The molecule has 0 spiro atoms. The van der Waals surface area contributed by atoms with Gasteiger partial charge in [0.1, 0.15) is 4.91 Å². The Morgan fingerprint density at radius 1 is 1.32 bits per heavy atom. The molecule has 0 aliphatic carbocycles. The summed E-state index contributed by atoms with van der Waals surface area (Å²) in [4.78, 5) is 11.3. The zero-order valence-corrected chi connectivity index (χ0v) is 11.5. The van der Waals surface area contributed by atoms with Gasteiger partial charge in [0.15, 0.2) is 9.84 Å². The minimum Gasteiger partial charge on any atom is -0.350 e. The van der Waals surface area contributed by atoms with Crippen LogP contribution in [-0.2, 0) is 14.6 Å². The molecule has 0 saturated carbocycles. The third-order valence-corrected chi connectivity index (χ3v) is 4.57. The van der Waals surface area contributed by atoms with Crippen LogP contribution in [0.15, 0.2) is 41.3 Å². The molecule has 0 atom stereocenters. The molecule has 100 valence electrons. The molecule has 0 unspecified atom stereocenters. The zero-order chi connectivity index (χ0) is 13.9. The van der Waals surface area contributed by atoms with Crippen LogP contribution in [0.1, 0.15) is 5.56 Å². The summed E-state index contributed by atoms with van der Waals surface area (Å²) in [6.07, 6.45) is 4.53. The van der Waals surface area contributed by atoms with Crippen LogP contribution >= 0.6 is 11.6 Å². The first-order valence-electron chi connectivity index (χ1n) is 5.64. The molecule has 0 radical (unpaired) electrons. The van der Waals surface area contributed by atoms with E-state index in [2.05, 4.69) is 5.32 Å². The first-order valence-corrected chi connectivity index (χ1v) is 7.67. The Bertz CT molecular complexity index is 662. The Hall–Kier alpha value is -1.59. The Morgan fingerprint density at radius 2 is 2.11 bits per heavy atom. The predicted octanol–water partition coefficient (Wildman–Crippen LogP) is 1.78. The van der Waals surface area contributed by atoms with Gasteiger partial charge in [0.05, 0.1) is 5.75 Å². The quantitative estimate of drug-likeness (QED) is 0.846. The van der Waals surface area contributed by atoms with E-state index in [9.17, 15) is 13.2 Å². The van der Waals surface area contributed by atoms with Crippen molar-refractivity contribution in [1.29, 1.82) is 0 Å². The summed E-state index contributed by atoms with van der Waals surface area (Å²) >= 11 is 5.83. The fourth-order valence-corrected chi connectivity index (χ4v) is 3.10. The number of hydrogen-bond acceptors (Lipinski definition) is 3. The second-order valence-corrected chi connectivity index (χ2v) is 6.53. The number of carbonyl (C=O) groups excluding carboxylic acids is 1. The van der Waals surface area contributed by atoms with Gasteiger partial charge in [-0.05, 0) is 23.8 Å². The molecular weight excluding hydrogens is 286 g/mol. The van der Waals surface area contributed by atoms with E-state index in [4.69, 9.17) is 11.6 Å². The van der Waals surface area contributed by atoms with Gasteiger partial charge in [-0.1, -0.05) is 35.9 Å². The van der Waals surface area contributed by atoms with E-state index in [0.29, 0.717) is 5.02 Å². The van der Waals surface area contributed by atoms with E-state index in [1.807, 2.05) is 6.07 Å². The smallest absolute Gasteiger partial charge is 0.262 e. The van der Waals surface area contributed by atoms with E-state index in [-0.39, 0.29) is 17.2 Å². The van der Waals surface area contributed by atoms with Crippen molar-refractivity contribution in [3.05, 3.63) is 51.9 Å². The molecule has 1 N–H and O–H groups in total. The third-order valence-electron chi connectivity index (χ3n) is 2.60. The number of allylic oxidation sites excluding steroid dienone is 2. The summed E-state index contributed by atoms with van der Waals surface area (Å²) in [6.45, 7) is 0.163. The van der Waals surface area contributed by atoms with E-state index >= 15 is 0 Å². The molecule has 19 heavy (non-hydrogen) atoms. The standard InChI is InChI=1S/C13H12ClNO3S/c14-11-5-1-3-10(9-11)4-2-6-12-13(16)15-7-8-19(12,17)18/h1-6,9H,7-8H2,(H,15,16)/b4-2+,12-6+. The highest BCUT2D eigenvalue weighted by Gasteiger charge is 2.28. The summed E-state index contributed by atoms with van der Waals surface area (Å²) in [5.41, 5.74) is 0.831. The number of rotatable bonds is 2. The molecule has 1 saturated heterocycles. The van der Waals surface area contributed by atoms with Gasteiger partial charge in [-0.25, -0.2) is 8.42 Å². The lowest BCUT2D eigenvalue weighted by Crippen LogP contribution is -2.39. The van der Waals surface area contributed by atoms with Crippen molar-refractivity contribution >= 4 is 33.4 Å². The minimum atomic E-state index is -3.46. The number of benzene rings is 1. The maximum atomic E-state index is 11.7. The SMILES string of the molecule is O=C1NCCS(=O)(=O)/C1=C/C=C/c1cccc(Cl)c1. The average Bonchev–Trinajstić information content (AvgIpc) is 2.32. The Kier molecular flexibility index (Phi) is 4.07. The van der Waals surface area contributed by atoms with E-state index in [1.54, 1.807) is 24.3 Å². The second-order valence-electron chi connectivity index (χ2n) is 4.02. The van der Waals surface area contributed by atoms with Crippen LogP contribution in [0.2, 0.25) is 5.02 Å². The lowest BCUT2D eigenvalue weighted by Gasteiger charge is -2.14. The topological polar surface area (TPSA) is 63.2 Å². The number of hydrogen-bond donors (Lipinski definition) is 1. The lowest BCUT2D eigenvalue weighted by molar-refractivity contribution is -0.116. The van der Waals surface area contributed by atoms with Gasteiger partial charge in [-0.15, -0.1) is 0 Å². The largest absolute Gasteiger partial charge is 0.350 e. The lowest BCUT2D eigenvalue weighted by atomic mass is 10.2. The second kappa shape index (κ2) is 5.59. The number of amides is 1. The molecular formula is C13H12ClNO3S. The van der Waals surface area contributed by atoms with Gasteiger partial charge in [0, 0.05) is 11.6 Å². The summed E-state index contributed by atoms with van der Waals surface area (Å²) in [5, 5.41) is 3.10. The van der Waals surface area contributed by atoms with Crippen LogP contribution in [0.25, 0.3) is 6.08 Å². The maximum Gasteiger partial charge on any atom is 0.262 e. The van der Waals surface area contributed by atoms with Crippen LogP contribution in [0.4, 0.5) is 0 Å². The first kappa shape index (κ1) is 13.8. The zero-order valence-electron chi connectivity index (χ0n) is 9.97. The third kappa shape index (κ3) is 3.45. The summed E-state index contributed by atoms with van der Waals surface area (Å²) in [7, 11) is -3.46. The molecule has 0 aromatic heterocycles. The van der Waals surface area contributed by atoms with Crippen LogP contribution in [0.3, 0.4) is 0 Å². The monoisotopic (exact) mass is 297 g/mol. The van der Waals surface area contributed by atoms with Crippen molar-refractivity contribution in [3.63, 3.8) is 0 Å². The Balaban J connectivity index is 2.24. The molecule has 1 aromatic carbocycles. The molecule has 0 bridgehead atoms. The maximum absolute atomic E-state index is 11.7. The number of sulfone groups is 1. The number of carbonyl (C=O) groups is 1. The van der Waals surface area contributed by atoms with Crippen LogP contribution < -0.4 is 5.32 Å². The van der Waals surface area contributed by atoms with Crippen LogP contribution in [-0.4, -0.2) is 26.6 Å². The Labute approximate surface area is 116 Å². The molecule has 2 rings (SSSR count). The van der Waals surface area contributed by atoms with Gasteiger partial charge in [-0.2, -0.15) is 0 Å². The molecule has 4 nitrogen and oxygen atoms in total. The highest BCUT2D eigenvalue weighted by molar-refractivity contribution is 7.96. The molecule has 6 heteroatoms. The van der Waals surface area contributed by atoms with Crippen molar-refractivity contribution in [2.45, 2.75) is 0 Å². The summed E-state index contributed by atoms with van der Waals surface area (Å²) in [6, 6.07) is 7.11. The first-order chi connectivity index (χ1) is 8.99. The van der Waals surface area contributed by atoms with Gasteiger partial charge in [-0.3, -0.25) is 4.79 Å². The summed E-state index contributed by atoms with van der Waals surface area (Å²) in [5.74, 6) is -0.614. The molecule has 1 aliphatic rings. The van der Waals surface area contributed by atoms with Gasteiger partial charge in [0.2, 0.25) is 0 Å². The van der Waals surface area contributed by atoms with E-state index in [1.165, 1.54) is 12.2 Å². The average molecular weight is 298 g/mol. The highest BCUT2D eigenvalue weighted by Crippen LogP contribution is 2.14. The molecule has 1 aromatic rings. The van der Waals surface area contributed by atoms with E-state index < -0.39 is 15.7 Å². The normalized spacial score (nSPS) is 20.7. The Morgan fingerprint density at radius 3 is 2.79 bits per heavy atom. The van der Waals surface area contributed by atoms with Crippen molar-refractivity contribution in [1.82, 2.24) is 5.32 Å². The van der Waals surface area contributed by atoms with Crippen molar-refractivity contribution < 1.29 is 13.2 Å². The van der Waals surface area contributed by atoms with Gasteiger partial charge in [0.25, 0.3) is 5.91 Å². The van der Waals surface area contributed by atoms with Gasteiger partial charge >= 0.3 is 0 Å². The summed E-state index contributed by atoms with van der Waals surface area (Å²) < 4.78 is 23.4. The minimum absolute atomic E-state index is 0.0599. The van der Waals surface area contributed by atoms with Crippen molar-refractivity contribution in [3.8, 4) is 0 Å². The fraction of sp³-hybridized carbons (Fsp3) is 0.154. The molecule has 1 heterocycles. The number of halogens is 1. The molecule has 1 aliphatic heterocycles.